The van der Waals surface area contributed by atoms with Crippen LogP contribution < -0.4 is 0 Å². The molecule has 87 valence electrons. The maximum absolute atomic E-state index is 12.0. The monoisotopic (exact) mass is 368 g/mol. The molecule has 1 saturated heterocycles. The van der Waals surface area contributed by atoms with Crippen molar-refractivity contribution in [2.45, 2.75) is 0 Å². The molecule has 0 saturated carbocycles. The SMILES string of the molecule is [O]c1c(C(=O)N2CCOCC2)sc(Br)c1Br. The Morgan fingerprint density at radius 3 is 2.44 bits per heavy atom. The molecule has 1 aromatic heterocycles. The molecule has 2 heterocycles. The quantitative estimate of drug-likeness (QED) is 0.764. The lowest BCUT2D eigenvalue weighted by molar-refractivity contribution is 0.0303. The Balaban J connectivity index is 2.22. The largest absolute Gasteiger partial charge is 0.378 e. The van der Waals surface area contributed by atoms with Gasteiger partial charge in [-0.25, -0.2) is 0 Å². The first-order chi connectivity index (χ1) is 7.61. The Morgan fingerprint density at radius 2 is 1.94 bits per heavy atom. The van der Waals surface area contributed by atoms with Gasteiger partial charge in [-0.3, -0.25) is 9.90 Å². The Morgan fingerprint density at radius 1 is 1.31 bits per heavy atom. The van der Waals surface area contributed by atoms with Gasteiger partial charge in [-0.1, -0.05) is 0 Å². The number of carbonyl (C=O) groups excluding carboxylic acids is 1. The van der Waals surface area contributed by atoms with E-state index in [1.807, 2.05) is 0 Å². The highest BCUT2D eigenvalue weighted by Crippen LogP contribution is 2.43. The summed E-state index contributed by atoms with van der Waals surface area (Å²) in [5.74, 6) is -0.446. The van der Waals surface area contributed by atoms with Crippen LogP contribution in [0, 0.1) is 0 Å². The third-order valence-electron chi connectivity index (χ3n) is 2.26. The molecule has 0 atom stereocenters. The third-order valence-corrected chi connectivity index (χ3v) is 5.64. The lowest BCUT2D eigenvalue weighted by Gasteiger charge is -2.26. The van der Waals surface area contributed by atoms with Gasteiger partial charge in [-0.15, -0.1) is 11.3 Å². The van der Waals surface area contributed by atoms with Crippen LogP contribution in [0.2, 0.25) is 0 Å². The Bertz CT molecular complexity index is 415. The number of halogens is 2. The predicted octanol–water partition coefficient (Wildman–Crippen LogP) is 2.89. The number of morpholine rings is 1. The van der Waals surface area contributed by atoms with Crippen molar-refractivity contribution in [3.05, 3.63) is 13.1 Å². The second-order valence-corrected chi connectivity index (χ2v) is 6.38. The summed E-state index contributed by atoms with van der Waals surface area (Å²) in [4.78, 5) is 13.9. The van der Waals surface area contributed by atoms with E-state index in [4.69, 9.17) is 4.74 Å². The molecule has 0 N–H and O–H groups in total. The maximum atomic E-state index is 12.0. The van der Waals surface area contributed by atoms with E-state index in [0.29, 0.717) is 34.6 Å². The molecule has 0 unspecified atom stereocenters. The lowest BCUT2D eigenvalue weighted by Crippen LogP contribution is -2.40. The number of ether oxygens (including phenoxy) is 1. The zero-order valence-electron chi connectivity index (χ0n) is 8.16. The first-order valence-electron chi connectivity index (χ1n) is 4.63. The van der Waals surface area contributed by atoms with Crippen LogP contribution in [0.25, 0.3) is 0 Å². The van der Waals surface area contributed by atoms with Gasteiger partial charge in [-0.2, -0.15) is 0 Å². The van der Waals surface area contributed by atoms with E-state index in [2.05, 4.69) is 31.9 Å². The predicted molar refractivity (Wildman–Crippen MR) is 66.6 cm³/mol. The molecule has 0 spiro atoms. The van der Waals surface area contributed by atoms with E-state index < -0.39 is 0 Å². The molecule has 1 aromatic rings. The van der Waals surface area contributed by atoms with Gasteiger partial charge in [0.25, 0.3) is 5.91 Å². The summed E-state index contributed by atoms with van der Waals surface area (Å²) in [5, 5.41) is 11.7. The average molecular weight is 370 g/mol. The molecule has 7 heteroatoms. The van der Waals surface area contributed by atoms with E-state index in [1.54, 1.807) is 4.90 Å². The van der Waals surface area contributed by atoms with Crippen LogP contribution in [-0.4, -0.2) is 37.1 Å². The normalized spacial score (nSPS) is 16.5. The zero-order valence-corrected chi connectivity index (χ0v) is 12.2. The zero-order chi connectivity index (χ0) is 11.7. The highest BCUT2D eigenvalue weighted by Gasteiger charge is 2.26. The molecule has 0 aliphatic carbocycles. The van der Waals surface area contributed by atoms with Crippen LogP contribution in [-0.2, 0) is 9.84 Å². The van der Waals surface area contributed by atoms with Gasteiger partial charge < -0.3 is 9.64 Å². The van der Waals surface area contributed by atoms with Crippen molar-refractivity contribution in [1.82, 2.24) is 4.90 Å². The number of rotatable bonds is 1. The molecule has 1 aliphatic rings. The minimum atomic E-state index is -0.242. The van der Waals surface area contributed by atoms with Gasteiger partial charge in [0.05, 0.1) is 21.5 Å². The molecular weight excluding hydrogens is 362 g/mol. The van der Waals surface area contributed by atoms with Gasteiger partial charge >= 0.3 is 0 Å². The molecule has 1 radical (unpaired) electrons. The summed E-state index contributed by atoms with van der Waals surface area (Å²) < 4.78 is 6.24. The number of carbonyl (C=O) groups is 1. The minimum Gasteiger partial charge on any atom is -0.378 e. The fraction of sp³-hybridized carbons (Fsp3) is 0.444. The van der Waals surface area contributed by atoms with E-state index in [9.17, 15) is 9.90 Å². The molecule has 1 fully saturated rings. The lowest BCUT2D eigenvalue weighted by atomic mass is 10.3. The standard InChI is InChI=1S/C9H8Br2NO3S/c10-5-6(13)7(16-8(5)11)9(14)12-1-3-15-4-2-12/h1-4H2. The fourth-order valence-corrected chi connectivity index (χ4v) is 3.43. The molecule has 0 aromatic carbocycles. The second-order valence-electron chi connectivity index (χ2n) is 3.25. The van der Waals surface area contributed by atoms with Crippen LogP contribution in [0.1, 0.15) is 9.67 Å². The minimum absolute atomic E-state index is 0.204. The number of nitrogens with zero attached hydrogens (tertiary/aromatic N) is 1. The van der Waals surface area contributed by atoms with Crippen LogP contribution in [0.5, 0.6) is 5.75 Å². The van der Waals surface area contributed by atoms with Gasteiger partial charge in [0.1, 0.15) is 4.88 Å². The van der Waals surface area contributed by atoms with Crippen LogP contribution in [0.3, 0.4) is 0 Å². The smallest absolute Gasteiger partial charge is 0.268 e. The Labute approximate surface area is 113 Å². The van der Waals surface area contributed by atoms with E-state index in [-0.39, 0.29) is 16.5 Å². The second kappa shape index (κ2) is 5.03. The van der Waals surface area contributed by atoms with E-state index in [1.165, 1.54) is 11.3 Å². The first kappa shape index (κ1) is 12.3. The summed E-state index contributed by atoms with van der Waals surface area (Å²) >= 11 is 7.55. The van der Waals surface area contributed by atoms with Crippen molar-refractivity contribution in [3.8, 4) is 5.75 Å². The Hall–Kier alpha value is -0.110. The summed E-state index contributed by atoms with van der Waals surface area (Å²) in [6.07, 6.45) is 0. The highest BCUT2D eigenvalue weighted by atomic mass is 79.9. The third kappa shape index (κ3) is 2.27. The van der Waals surface area contributed by atoms with E-state index >= 15 is 0 Å². The van der Waals surface area contributed by atoms with Gasteiger partial charge in [0, 0.05) is 13.1 Å². The van der Waals surface area contributed by atoms with Crippen molar-refractivity contribution in [2.75, 3.05) is 26.3 Å². The van der Waals surface area contributed by atoms with Crippen molar-refractivity contribution < 1.29 is 14.6 Å². The number of thiophene rings is 1. The van der Waals surface area contributed by atoms with Crippen molar-refractivity contribution >= 4 is 49.1 Å². The fourth-order valence-electron chi connectivity index (χ4n) is 1.42. The number of hydrogen-bond acceptors (Lipinski definition) is 3. The molecule has 16 heavy (non-hydrogen) atoms. The summed E-state index contributed by atoms with van der Waals surface area (Å²) in [7, 11) is 0. The molecule has 0 bridgehead atoms. The summed E-state index contributed by atoms with van der Waals surface area (Å²) in [6.45, 7) is 2.16. The molecule has 4 nitrogen and oxygen atoms in total. The molecule has 2 rings (SSSR count). The van der Waals surface area contributed by atoms with Gasteiger partial charge in [0.2, 0.25) is 5.75 Å². The van der Waals surface area contributed by atoms with Crippen LogP contribution in [0.4, 0.5) is 0 Å². The van der Waals surface area contributed by atoms with E-state index in [0.717, 1.165) is 0 Å². The first-order valence-corrected chi connectivity index (χ1v) is 7.03. The van der Waals surface area contributed by atoms with Gasteiger partial charge in [-0.05, 0) is 31.9 Å². The highest BCUT2D eigenvalue weighted by molar-refractivity contribution is 9.13. The maximum Gasteiger partial charge on any atom is 0.268 e. The molecular formula is C9H8Br2NO3S. The van der Waals surface area contributed by atoms with Gasteiger partial charge in [0.15, 0.2) is 0 Å². The molecule has 1 amide bonds. The average Bonchev–Trinajstić information content (AvgIpc) is 2.57. The molecule has 1 aliphatic heterocycles. The summed E-state index contributed by atoms with van der Waals surface area (Å²) in [6, 6.07) is 0. The topological polar surface area (TPSA) is 49.4 Å². The van der Waals surface area contributed by atoms with Crippen LogP contribution in [0.15, 0.2) is 8.26 Å². The summed E-state index contributed by atoms with van der Waals surface area (Å²) in [5.41, 5.74) is 0. The van der Waals surface area contributed by atoms with Crippen molar-refractivity contribution in [3.63, 3.8) is 0 Å². The van der Waals surface area contributed by atoms with Crippen LogP contribution >= 0.6 is 43.2 Å². The van der Waals surface area contributed by atoms with Crippen molar-refractivity contribution in [1.29, 1.82) is 0 Å². The Kier molecular flexibility index (Phi) is 3.89. The number of hydrogen-bond donors (Lipinski definition) is 0. The van der Waals surface area contributed by atoms with Crippen molar-refractivity contribution in [2.24, 2.45) is 0 Å². The number of amides is 1.